The van der Waals surface area contributed by atoms with E-state index in [0.29, 0.717) is 11.5 Å². The zero-order valence-corrected chi connectivity index (χ0v) is 11.7. The highest BCUT2D eigenvalue weighted by atomic mass is 35.5. The summed E-state index contributed by atoms with van der Waals surface area (Å²) in [5.41, 5.74) is 0.386. The van der Waals surface area contributed by atoms with Crippen molar-refractivity contribution in [2.24, 2.45) is 0 Å². The van der Waals surface area contributed by atoms with Gasteiger partial charge in [0.2, 0.25) is 10.0 Å². The van der Waals surface area contributed by atoms with E-state index in [-0.39, 0.29) is 30.6 Å². The van der Waals surface area contributed by atoms with Crippen LogP contribution in [0.15, 0.2) is 10.6 Å². The van der Waals surface area contributed by atoms with Gasteiger partial charge in [-0.3, -0.25) is 0 Å². The largest absolute Gasteiger partial charge is 0.361 e. The van der Waals surface area contributed by atoms with Crippen LogP contribution < -0.4 is 0 Å². The first-order valence-electron chi connectivity index (χ1n) is 5.01. The highest BCUT2D eigenvalue weighted by Gasteiger charge is 2.23. The lowest BCUT2D eigenvalue weighted by molar-refractivity contribution is 0.390. The van der Waals surface area contributed by atoms with Crippen LogP contribution in [-0.2, 0) is 15.8 Å². The lowest BCUT2D eigenvalue weighted by Gasteiger charge is -2.19. The average Bonchev–Trinajstić information content (AvgIpc) is 2.63. The van der Waals surface area contributed by atoms with Gasteiger partial charge in [-0.1, -0.05) is 5.16 Å². The van der Waals surface area contributed by atoms with Gasteiger partial charge in [0.1, 0.15) is 17.2 Å². The second-order valence-electron chi connectivity index (χ2n) is 3.46. The van der Waals surface area contributed by atoms with Gasteiger partial charge in [0.25, 0.3) is 0 Å². The summed E-state index contributed by atoms with van der Waals surface area (Å²) in [6, 6.07) is 1.59. The number of hydrogen-bond acceptors (Lipinski definition) is 4. The number of rotatable bonds is 7. The SMILES string of the molecule is Cc1cc(CS(=O)(=O)N(CCCl)CCCl)no1. The monoisotopic (exact) mass is 300 g/mol. The summed E-state index contributed by atoms with van der Waals surface area (Å²) in [5, 5.41) is 3.66. The van der Waals surface area contributed by atoms with E-state index in [4.69, 9.17) is 27.7 Å². The Morgan fingerprint density at radius 1 is 1.35 bits per heavy atom. The molecule has 0 aliphatic rings. The molecule has 1 heterocycles. The lowest BCUT2D eigenvalue weighted by Crippen LogP contribution is -2.35. The molecule has 0 atom stereocenters. The highest BCUT2D eigenvalue weighted by Crippen LogP contribution is 2.11. The van der Waals surface area contributed by atoms with Gasteiger partial charge >= 0.3 is 0 Å². The molecule has 98 valence electrons. The van der Waals surface area contributed by atoms with E-state index < -0.39 is 10.0 Å². The molecule has 1 aromatic heterocycles. The molecule has 0 saturated heterocycles. The van der Waals surface area contributed by atoms with E-state index in [1.807, 2.05) is 0 Å². The Hall–Kier alpha value is -0.300. The van der Waals surface area contributed by atoms with Crippen molar-refractivity contribution in [3.8, 4) is 0 Å². The first-order valence-corrected chi connectivity index (χ1v) is 7.69. The molecule has 0 aliphatic carbocycles. The Morgan fingerprint density at radius 3 is 2.35 bits per heavy atom. The molecular weight excluding hydrogens is 287 g/mol. The molecule has 0 amide bonds. The summed E-state index contributed by atoms with van der Waals surface area (Å²) in [6.45, 7) is 2.19. The molecule has 5 nitrogen and oxygen atoms in total. The van der Waals surface area contributed by atoms with Crippen molar-refractivity contribution < 1.29 is 12.9 Å². The summed E-state index contributed by atoms with van der Waals surface area (Å²) in [5.74, 6) is 0.844. The van der Waals surface area contributed by atoms with Crippen LogP contribution in [0.4, 0.5) is 0 Å². The first-order chi connectivity index (χ1) is 7.99. The van der Waals surface area contributed by atoms with E-state index in [1.54, 1.807) is 13.0 Å². The highest BCUT2D eigenvalue weighted by molar-refractivity contribution is 7.88. The fraction of sp³-hybridized carbons (Fsp3) is 0.667. The zero-order chi connectivity index (χ0) is 12.9. The van der Waals surface area contributed by atoms with Crippen LogP contribution >= 0.6 is 23.2 Å². The van der Waals surface area contributed by atoms with Gasteiger partial charge in [0.15, 0.2) is 0 Å². The third-order valence-corrected chi connectivity index (χ3v) is 4.22. The zero-order valence-electron chi connectivity index (χ0n) is 9.40. The van der Waals surface area contributed by atoms with Crippen LogP contribution in [0.2, 0.25) is 0 Å². The second kappa shape index (κ2) is 6.58. The summed E-state index contributed by atoms with van der Waals surface area (Å²) < 4.78 is 30.1. The average molecular weight is 301 g/mol. The minimum atomic E-state index is -3.44. The Kier molecular flexibility index (Phi) is 5.72. The first kappa shape index (κ1) is 14.8. The molecule has 0 N–H and O–H groups in total. The maximum Gasteiger partial charge on any atom is 0.220 e. The molecule has 0 unspecified atom stereocenters. The predicted molar refractivity (Wildman–Crippen MR) is 66.9 cm³/mol. The van der Waals surface area contributed by atoms with Gasteiger partial charge in [0.05, 0.1) is 0 Å². The maximum atomic E-state index is 12.0. The van der Waals surface area contributed by atoms with Crippen LogP contribution in [-0.4, -0.2) is 42.7 Å². The summed E-state index contributed by atoms with van der Waals surface area (Å²) >= 11 is 11.1. The predicted octanol–water partition coefficient (Wildman–Crippen LogP) is 1.59. The van der Waals surface area contributed by atoms with Crippen LogP contribution in [0.5, 0.6) is 0 Å². The Labute approximate surface area is 111 Å². The topological polar surface area (TPSA) is 63.4 Å². The number of halogens is 2. The standard InChI is InChI=1S/C9H14Cl2N2O3S/c1-8-6-9(12-16-8)7-17(14,15)13(4-2-10)5-3-11/h6H,2-5,7H2,1H3. The smallest absolute Gasteiger partial charge is 0.220 e. The van der Waals surface area contributed by atoms with Crippen molar-refractivity contribution in [1.29, 1.82) is 0 Å². The van der Waals surface area contributed by atoms with Crippen molar-refractivity contribution in [2.45, 2.75) is 12.7 Å². The third-order valence-electron chi connectivity index (χ3n) is 2.07. The van der Waals surface area contributed by atoms with E-state index >= 15 is 0 Å². The Balaban J connectivity index is 2.77. The quantitative estimate of drug-likeness (QED) is 0.718. The van der Waals surface area contributed by atoms with Gasteiger partial charge in [-0.15, -0.1) is 23.2 Å². The van der Waals surface area contributed by atoms with Crippen LogP contribution in [0, 0.1) is 6.92 Å². The van der Waals surface area contributed by atoms with E-state index in [0.717, 1.165) is 0 Å². The maximum absolute atomic E-state index is 12.0. The summed E-state index contributed by atoms with van der Waals surface area (Å²) in [4.78, 5) is 0. The van der Waals surface area contributed by atoms with Gasteiger partial charge in [-0.25, -0.2) is 8.42 Å². The molecule has 0 aromatic carbocycles. The number of alkyl halides is 2. The molecule has 0 bridgehead atoms. The molecule has 1 aromatic rings. The number of aryl methyl sites for hydroxylation is 1. The van der Waals surface area contributed by atoms with Gasteiger partial charge in [-0.05, 0) is 6.92 Å². The van der Waals surface area contributed by atoms with E-state index in [2.05, 4.69) is 5.16 Å². The van der Waals surface area contributed by atoms with Gasteiger partial charge in [-0.2, -0.15) is 4.31 Å². The van der Waals surface area contributed by atoms with Crippen molar-refractivity contribution >= 4 is 33.2 Å². The van der Waals surface area contributed by atoms with Crippen LogP contribution in [0.1, 0.15) is 11.5 Å². The second-order valence-corrected chi connectivity index (χ2v) is 6.19. The van der Waals surface area contributed by atoms with E-state index in [9.17, 15) is 8.42 Å². The van der Waals surface area contributed by atoms with E-state index in [1.165, 1.54) is 4.31 Å². The van der Waals surface area contributed by atoms with Crippen molar-refractivity contribution in [2.75, 3.05) is 24.8 Å². The Morgan fingerprint density at radius 2 is 1.94 bits per heavy atom. The van der Waals surface area contributed by atoms with Crippen molar-refractivity contribution in [3.05, 3.63) is 17.5 Å². The number of aromatic nitrogens is 1. The molecular formula is C9H14Cl2N2O3S. The molecule has 0 aliphatic heterocycles. The molecule has 0 fully saturated rings. The number of hydrogen-bond donors (Lipinski definition) is 0. The molecule has 0 spiro atoms. The normalized spacial score (nSPS) is 12.2. The molecule has 8 heteroatoms. The lowest BCUT2D eigenvalue weighted by atomic mass is 10.4. The van der Waals surface area contributed by atoms with Gasteiger partial charge < -0.3 is 4.52 Å². The Bertz CT molecular complexity index is 441. The molecule has 0 radical (unpaired) electrons. The molecule has 17 heavy (non-hydrogen) atoms. The fourth-order valence-corrected chi connectivity index (χ4v) is 3.38. The third kappa shape index (κ3) is 4.46. The molecule has 1 rings (SSSR count). The summed E-state index contributed by atoms with van der Waals surface area (Å²) in [6.07, 6.45) is 0. The number of sulfonamides is 1. The molecule has 0 saturated carbocycles. The van der Waals surface area contributed by atoms with Crippen molar-refractivity contribution in [1.82, 2.24) is 9.46 Å². The minimum absolute atomic E-state index is 0.196. The summed E-state index contributed by atoms with van der Waals surface area (Å²) in [7, 11) is -3.44. The van der Waals surface area contributed by atoms with Gasteiger partial charge in [0, 0.05) is 30.9 Å². The van der Waals surface area contributed by atoms with Crippen LogP contribution in [0.3, 0.4) is 0 Å². The van der Waals surface area contributed by atoms with Crippen LogP contribution in [0.25, 0.3) is 0 Å². The number of nitrogens with zero attached hydrogens (tertiary/aromatic N) is 2. The fourth-order valence-electron chi connectivity index (χ4n) is 1.34. The minimum Gasteiger partial charge on any atom is -0.361 e. The van der Waals surface area contributed by atoms with Crippen molar-refractivity contribution in [3.63, 3.8) is 0 Å².